The number of amides is 1. The monoisotopic (exact) mass is 510 g/mol. The molecule has 0 saturated carbocycles. The molecule has 1 fully saturated rings. The van der Waals surface area contributed by atoms with E-state index in [4.69, 9.17) is 9.72 Å². The summed E-state index contributed by atoms with van der Waals surface area (Å²) < 4.78 is 21.5. The highest BCUT2D eigenvalue weighted by Crippen LogP contribution is 2.24. The zero-order valence-electron chi connectivity index (χ0n) is 21.8. The quantitative estimate of drug-likeness (QED) is 0.355. The molecule has 3 heterocycles. The molecular formula is C26H35FN8O2. The van der Waals surface area contributed by atoms with Gasteiger partial charge >= 0.3 is 0 Å². The van der Waals surface area contributed by atoms with Gasteiger partial charge in [0.05, 0.1) is 6.20 Å². The number of anilines is 3. The van der Waals surface area contributed by atoms with Crippen LogP contribution in [0.1, 0.15) is 43.7 Å². The summed E-state index contributed by atoms with van der Waals surface area (Å²) >= 11 is 0. The van der Waals surface area contributed by atoms with Gasteiger partial charge in [-0.2, -0.15) is 19.6 Å². The van der Waals surface area contributed by atoms with Gasteiger partial charge in [-0.1, -0.05) is 19.9 Å². The van der Waals surface area contributed by atoms with Gasteiger partial charge in [0.15, 0.2) is 5.65 Å². The molecule has 1 aliphatic rings. The average molecular weight is 511 g/mol. The normalized spacial score (nSPS) is 14.7. The molecule has 3 N–H and O–H groups in total. The zero-order chi connectivity index (χ0) is 26.4. The van der Waals surface area contributed by atoms with Crippen LogP contribution in [0.5, 0.6) is 0 Å². The number of benzene rings is 1. The first kappa shape index (κ1) is 26.5. The van der Waals surface area contributed by atoms with Crippen LogP contribution in [0.4, 0.5) is 22.0 Å². The van der Waals surface area contributed by atoms with E-state index < -0.39 is 5.82 Å². The molecule has 0 unspecified atom stereocenters. The molecule has 0 atom stereocenters. The van der Waals surface area contributed by atoms with Gasteiger partial charge < -0.3 is 25.6 Å². The lowest BCUT2D eigenvalue weighted by Crippen LogP contribution is -2.29. The van der Waals surface area contributed by atoms with Gasteiger partial charge in [-0.15, -0.1) is 0 Å². The van der Waals surface area contributed by atoms with Crippen molar-refractivity contribution in [1.29, 1.82) is 0 Å². The molecule has 0 radical (unpaired) electrons. The van der Waals surface area contributed by atoms with Crippen molar-refractivity contribution < 1.29 is 13.9 Å². The van der Waals surface area contributed by atoms with E-state index in [1.54, 1.807) is 22.9 Å². The van der Waals surface area contributed by atoms with E-state index in [1.807, 2.05) is 19.0 Å². The molecule has 37 heavy (non-hydrogen) atoms. The Bertz CT molecular complexity index is 1250. The van der Waals surface area contributed by atoms with Gasteiger partial charge in [-0.25, -0.2) is 4.39 Å². The van der Waals surface area contributed by atoms with Crippen molar-refractivity contribution in [2.24, 2.45) is 0 Å². The van der Waals surface area contributed by atoms with E-state index >= 15 is 0 Å². The van der Waals surface area contributed by atoms with Gasteiger partial charge in [0.1, 0.15) is 5.82 Å². The lowest BCUT2D eigenvalue weighted by Gasteiger charge is -2.23. The van der Waals surface area contributed by atoms with Crippen molar-refractivity contribution in [3.63, 3.8) is 0 Å². The highest BCUT2D eigenvalue weighted by atomic mass is 19.1. The molecule has 11 heteroatoms. The Kier molecular flexibility index (Phi) is 8.67. The highest BCUT2D eigenvalue weighted by Gasteiger charge is 2.19. The number of nitrogens with one attached hydrogen (secondary N) is 3. The van der Waals surface area contributed by atoms with Crippen molar-refractivity contribution in [2.45, 2.75) is 45.2 Å². The maximum atomic E-state index is 14.4. The molecule has 1 aromatic carbocycles. The summed E-state index contributed by atoms with van der Waals surface area (Å²) in [5.74, 6) is 0.486. The lowest BCUT2D eigenvalue weighted by molar-refractivity contribution is -0.111. The van der Waals surface area contributed by atoms with Crippen molar-refractivity contribution >= 4 is 29.1 Å². The van der Waals surface area contributed by atoms with Crippen molar-refractivity contribution in [3.8, 4) is 0 Å². The smallest absolute Gasteiger partial charge is 0.248 e. The van der Waals surface area contributed by atoms with E-state index in [-0.39, 0.29) is 24.4 Å². The second-order valence-electron chi connectivity index (χ2n) is 9.75. The summed E-state index contributed by atoms with van der Waals surface area (Å²) in [5, 5.41) is 13.9. The Labute approximate surface area is 216 Å². The molecule has 1 saturated heterocycles. The number of likely N-dealkylation sites (N-methyl/N-ethyl adjacent to an activating group) is 1. The summed E-state index contributed by atoms with van der Waals surface area (Å²) in [5.41, 5.74) is 2.76. The number of hydrogen-bond acceptors (Lipinski definition) is 8. The summed E-state index contributed by atoms with van der Waals surface area (Å²) in [4.78, 5) is 23.6. The predicted octanol–water partition coefficient (Wildman–Crippen LogP) is 3.65. The van der Waals surface area contributed by atoms with E-state index in [0.717, 1.165) is 24.1 Å². The number of ether oxygens (including phenoxy) is 1. The summed E-state index contributed by atoms with van der Waals surface area (Å²) in [6.07, 6.45) is 6.76. The summed E-state index contributed by atoms with van der Waals surface area (Å²) in [6.45, 7) is 6.51. The number of halogens is 1. The maximum absolute atomic E-state index is 14.4. The van der Waals surface area contributed by atoms with Crippen LogP contribution in [0.15, 0.2) is 36.5 Å². The second kappa shape index (κ2) is 12.1. The first-order chi connectivity index (χ1) is 17.8. The van der Waals surface area contributed by atoms with E-state index in [0.29, 0.717) is 42.9 Å². The Morgan fingerprint density at radius 1 is 1.24 bits per heavy atom. The van der Waals surface area contributed by atoms with Crippen LogP contribution < -0.4 is 16.0 Å². The molecule has 1 amide bonds. The standard InChI is InChI=1S/C26H35FN8O2/c1-17(2)22-16-29-35-24(22)32-25(31-20-7-10-37-11-8-20)33-26(35)28-15-18-12-19(27)14-21(13-18)30-23(36)6-5-9-34(3)4/h5-6,12-14,16-17,20H,7-11,15H2,1-4H3,(H,30,36)(H2,28,31,32,33)/b6-5+. The third-order valence-electron chi connectivity index (χ3n) is 5.99. The highest BCUT2D eigenvalue weighted by molar-refractivity contribution is 5.99. The molecule has 0 aliphatic carbocycles. The van der Waals surface area contributed by atoms with E-state index in [2.05, 4.69) is 39.9 Å². The fourth-order valence-corrected chi connectivity index (χ4v) is 4.07. The van der Waals surface area contributed by atoms with Crippen LogP contribution >= 0.6 is 0 Å². The van der Waals surface area contributed by atoms with Crippen molar-refractivity contribution in [2.75, 3.05) is 49.8 Å². The van der Waals surface area contributed by atoms with Crippen molar-refractivity contribution in [3.05, 3.63) is 53.5 Å². The molecule has 10 nitrogen and oxygen atoms in total. The minimum atomic E-state index is -0.442. The van der Waals surface area contributed by atoms with Crippen molar-refractivity contribution in [1.82, 2.24) is 24.5 Å². The van der Waals surface area contributed by atoms with Gasteiger partial charge in [0.25, 0.3) is 0 Å². The molecule has 3 aromatic rings. The number of aromatic nitrogens is 4. The number of nitrogens with zero attached hydrogens (tertiary/aromatic N) is 5. The van der Waals surface area contributed by atoms with Crippen LogP contribution in [0.25, 0.3) is 5.65 Å². The predicted molar refractivity (Wildman–Crippen MR) is 142 cm³/mol. The molecule has 2 aromatic heterocycles. The minimum absolute atomic E-state index is 0.232. The molecular weight excluding hydrogens is 475 g/mol. The fourth-order valence-electron chi connectivity index (χ4n) is 4.07. The molecule has 1 aliphatic heterocycles. The van der Waals surface area contributed by atoms with Gasteiger partial charge in [-0.3, -0.25) is 4.79 Å². The average Bonchev–Trinajstić information content (AvgIpc) is 3.27. The third kappa shape index (κ3) is 7.23. The Balaban J connectivity index is 1.53. The zero-order valence-corrected chi connectivity index (χ0v) is 21.8. The van der Waals surface area contributed by atoms with E-state index in [1.165, 1.54) is 18.2 Å². The Hall–Kier alpha value is -3.57. The van der Waals surface area contributed by atoms with Crippen LogP contribution in [0.3, 0.4) is 0 Å². The van der Waals surface area contributed by atoms with Crippen LogP contribution in [-0.2, 0) is 16.1 Å². The first-order valence-electron chi connectivity index (χ1n) is 12.5. The molecule has 0 bridgehead atoms. The van der Waals surface area contributed by atoms with Gasteiger partial charge in [0, 0.05) is 49.7 Å². The SMILES string of the molecule is CC(C)c1cnn2c(NCc3cc(F)cc(NC(=O)/C=C/CN(C)C)c3)nc(NC3CCOCC3)nc12. The maximum Gasteiger partial charge on any atom is 0.248 e. The van der Waals surface area contributed by atoms with Gasteiger partial charge in [0.2, 0.25) is 17.8 Å². The van der Waals surface area contributed by atoms with Crippen LogP contribution in [0.2, 0.25) is 0 Å². The minimum Gasteiger partial charge on any atom is -0.381 e. The molecule has 4 rings (SSSR count). The number of carbonyl (C=O) groups is 1. The second-order valence-corrected chi connectivity index (χ2v) is 9.75. The van der Waals surface area contributed by atoms with E-state index in [9.17, 15) is 9.18 Å². The first-order valence-corrected chi connectivity index (χ1v) is 12.5. The molecule has 198 valence electrons. The fraction of sp³-hybridized carbons (Fsp3) is 0.462. The lowest BCUT2D eigenvalue weighted by atomic mass is 10.1. The largest absolute Gasteiger partial charge is 0.381 e. The number of hydrogen-bond donors (Lipinski definition) is 3. The topological polar surface area (TPSA) is 109 Å². The Morgan fingerprint density at radius 2 is 2.03 bits per heavy atom. The third-order valence-corrected chi connectivity index (χ3v) is 5.99. The summed E-state index contributed by atoms with van der Waals surface area (Å²) in [6, 6.07) is 4.68. The number of fused-ring (bicyclic) bond motifs is 1. The number of rotatable bonds is 10. The van der Waals surface area contributed by atoms with Gasteiger partial charge in [-0.05, 0) is 56.6 Å². The van der Waals surface area contributed by atoms with Crippen LogP contribution in [0, 0.1) is 5.82 Å². The summed E-state index contributed by atoms with van der Waals surface area (Å²) in [7, 11) is 3.83. The molecule has 0 spiro atoms. The van der Waals surface area contributed by atoms with Crippen LogP contribution in [-0.4, -0.2) is 70.3 Å². The number of carbonyl (C=O) groups excluding carboxylic acids is 1. The Morgan fingerprint density at radius 3 is 2.76 bits per heavy atom.